The summed E-state index contributed by atoms with van der Waals surface area (Å²) >= 11 is 1.48. The van der Waals surface area contributed by atoms with E-state index in [0.29, 0.717) is 35.1 Å². The van der Waals surface area contributed by atoms with Crippen molar-refractivity contribution in [3.8, 4) is 11.5 Å². The molecule has 1 aromatic heterocycles. The van der Waals surface area contributed by atoms with Crippen molar-refractivity contribution in [2.45, 2.75) is 16.3 Å². The average molecular weight is 394 g/mol. The van der Waals surface area contributed by atoms with Gasteiger partial charge in [0.2, 0.25) is 0 Å². The summed E-state index contributed by atoms with van der Waals surface area (Å²) in [6.07, 6.45) is 2.39. The molecule has 2 aromatic carbocycles. The van der Waals surface area contributed by atoms with Gasteiger partial charge in [0.15, 0.2) is 11.5 Å². The van der Waals surface area contributed by atoms with Gasteiger partial charge in [0.05, 0.1) is 19.8 Å². The van der Waals surface area contributed by atoms with Gasteiger partial charge in [-0.15, -0.1) is 0 Å². The van der Waals surface area contributed by atoms with Crippen LogP contribution in [0.5, 0.6) is 11.5 Å². The van der Waals surface area contributed by atoms with Crippen LogP contribution in [0.3, 0.4) is 0 Å². The second-order valence-electron chi connectivity index (χ2n) is 5.97. The number of hydrogen-bond acceptors (Lipinski definition) is 5. The third-order valence-electron chi connectivity index (χ3n) is 4.12. The van der Waals surface area contributed by atoms with Gasteiger partial charge >= 0.3 is 0 Å². The molecule has 0 aliphatic carbocycles. The fourth-order valence-electron chi connectivity index (χ4n) is 2.70. The van der Waals surface area contributed by atoms with Crippen molar-refractivity contribution in [1.82, 2.24) is 10.3 Å². The van der Waals surface area contributed by atoms with E-state index in [1.807, 2.05) is 48.5 Å². The molecular weight excluding hydrogens is 372 g/mol. The summed E-state index contributed by atoms with van der Waals surface area (Å²) in [7, 11) is 3.22. The van der Waals surface area contributed by atoms with Gasteiger partial charge in [0.1, 0.15) is 5.03 Å². The Labute approximate surface area is 169 Å². The van der Waals surface area contributed by atoms with Gasteiger partial charge in [0.25, 0.3) is 5.91 Å². The zero-order chi connectivity index (χ0) is 19.8. The van der Waals surface area contributed by atoms with Gasteiger partial charge in [0, 0.05) is 17.6 Å². The monoisotopic (exact) mass is 394 g/mol. The minimum atomic E-state index is -0.132. The largest absolute Gasteiger partial charge is 0.493 e. The van der Waals surface area contributed by atoms with Gasteiger partial charge in [-0.2, -0.15) is 0 Å². The maximum Gasteiger partial charge on any atom is 0.254 e. The Hall–Kier alpha value is -2.99. The van der Waals surface area contributed by atoms with Gasteiger partial charge in [-0.05, 0) is 48.4 Å². The van der Waals surface area contributed by atoms with Crippen molar-refractivity contribution in [2.75, 3.05) is 20.8 Å². The van der Waals surface area contributed by atoms with Crippen LogP contribution in [-0.2, 0) is 6.42 Å². The van der Waals surface area contributed by atoms with Crippen molar-refractivity contribution in [3.05, 3.63) is 78.0 Å². The first-order chi connectivity index (χ1) is 13.7. The topological polar surface area (TPSA) is 60.5 Å². The van der Waals surface area contributed by atoms with Gasteiger partial charge < -0.3 is 14.8 Å². The summed E-state index contributed by atoms with van der Waals surface area (Å²) in [5.74, 6) is 1.24. The number of carbonyl (C=O) groups excluding carboxylic acids is 1. The van der Waals surface area contributed by atoms with Crippen LogP contribution in [0, 0.1) is 0 Å². The molecule has 0 radical (unpaired) electrons. The number of methoxy groups -OCH3 is 2. The van der Waals surface area contributed by atoms with E-state index < -0.39 is 0 Å². The van der Waals surface area contributed by atoms with Crippen molar-refractivity contribution >= 4 is 17.7 Å². The predicted octanol–water partition coefficient (Wildman–Crippen LogP) is 4.22. The summed E-state index contributed by atoms with van der Waals surface area (Å²) in [6.45, 7) is 0.513. The van der Waals surface area contributed by atoms with E-state index in [1.165, 1.54) is 11.8 Å². The number of rotatable bonds is 8. The quantitative estimate of drug-likeness (QED) is 0.620. The molecule has 1 N–H and O–H groups in total. The highest BCUT2D eigenvalue weighted by Crippen LogP contribution is 2.29. The predicted molar refractivity (Wildman–Crippen MR) is 110 cm³/mol. The first-order valence-electron chi connectivity index (χ1n) is 8.88. The van der Waals surface area contributed by atoms with Crippen molar-refractivity contribution < 1.29 is 14.3 Å². The molecule has 28 heavy (non-hydrogen) atoms. The highest BCUT2D eigenvalue weighted by molar-refractivity contribution is 7.99. The molecule has 5 nitrogen and oxygen atoms in total. The van der Waals surface area contributed by atoms with E-state index in [1.54, 1.807) is 32.5 Å². The zero-order valence-corrected chi connectivity index (χ0v) is 16.7. The van der Waals surface area contributed by atoms with Gasteiger partial charge in [-0.3, -0.25) is 4.79 Å². The molecule has 0 unspecified atom stereocenters. The Morgan fingerprint density at radius 2 is 1.79 bits per heavy atom. The first-order valence-corrected chi connectivity index (χ1v) is 9.70. The lowest BCUT2D eigenvalue weighted by atomic mass is 10.1. The van der Waals surface area contributed by atoms with Crippen LogP contribution in [0.4, 0.5) is 0 Å². The number of hydrogen-bond donors (Lipinski definition) is 1. The maximum absolute atomic E-state index is 12.7. The molecule has 0 fully saturated rings. The molecule has 0 saturated carbocycles. The summed E-state index contributed by atoms with van der Waals surface area (Å²) in [6, 6.07) is 19.2. The van der Waals surface area contributed by atoms with E-state index in [9.17, 15) is 4.79 Å². The number of nitrogens with one attached hydrogen (secondary N) is 1. The normalized spacial score (nSPS) is 10.4. The number of aromatic nitrogens is 1. The molecule has 0 saturated heterocycles. The second kappa shape index (κ2) is 9.80. The second-order valence-corrected chi connectivity index (χ2v) is 7.03. The fraction of sp³-hybridized carbons (Fsp3) is 0.182. The molecule has 144 valence electrons. The van der Waals surface area contributed by atoms with E-state index in [-0.39, 0.29) is 5.91 Å². The summed E-state index contributed by atoms with van der Waals surface area (Å²) in [5.41, 5.74) is 1.63. The van der Waals surface area contributed by atoms with Crippen LogP contribution < -0.4 is 14.8 Å². The van der Waals surface area contributed by atoms with Crippen molar-refractivity contribution in [3.63, 3.8) is 0 Å². The molecule has 3 aromatic rings. The van der Waals surface area contributed by atoms with Crippen LogP contribution >= 0.6 is 11.8 Å². The van der Waals surface area contributed by atoms with Crippen LogP contribution in [0.25, 0.3) is 0 Å². The van der Waals surface area contributed by atoms with E-state index in [0.717, 1.165) is 10.5 Å². The molecular formula is C22H22N2O3S. The molecule has 3 rings (SSSR count). The lowest BCUT2D eigenvalue weighted by molar-refractivity contribution is 0.0950. The highest BCUT2D eigenvalue weighted by Gasteiger charge is 2.13. The van der Waals surface area contributed by atoms with Crippen LogP contribution in [0.2, 0.25) is 0 Å². The lowest BCUT2D eigenvalue weighted by Crippen LogP contribution is -2.26. The number of benzene rings is 2. The number of pyridine rings is 1. The summed E-state index contributed by atoms with van der Waals surface area (Å²) in [5, 5.41) is 3.67. The Kier molecular flexibility index (Phi) is 6.92. The maximum atomic E-state index is 12.7. The molecule has 1 amide bonds. The van der Waals surface area contributed by atoms with Crippen LogP contribution in [0.1, 0.15) is 15.9 Å². The fourth-order valence-corrected chi connectivity index (χ4v) is 3.60. The van der Waals surface area contributed by atoms with Crippen LogP contribution in [0.15, 0.2) is 76.8 Å². The number of nitrogens with zero attached hydrogens (tertiary/aromatic N) is 1. The van der Waals surface area contributed by atoms with E-state index >= 15 is 0 Å². The Bertz CT molecular complexity index is 932. The third-order valence-corrected chi connectivity index (χ3v) is 5.15. The summed E-state index contributed by atoms with van der Waals surface area (Å²) in [4.78, 5) is 18.1. The molecule has 0 atom stereocenters. The smallest absolute Gasteiger partial charge is 0.254 e. The summed E-state index contributed by atoms with van der Waals surface area (Å²) < 4.78 is 10.6. The van der Waals surface area contributed by atoms with E-state index in [4.69, 9.17) is 9.47 Å². The SMILES string of the molecule is COc1ccc(CCNC(=O)c2cccnc2Sc2ccccc2)cc1OC. The Morgan fingerprint density at radius 3 is 2.54 bits per heavy atom. The minimum Gasteiger partial charge on any atom is -0.493 e. The standard InChI is InChI=1S/C22H22N2O3S/c1-26-19-11-10-16(15-20(19)27-2)12-14-23-21(25)18-9-6-13-24-22(18)28-17-7-4-3-5-8-17/h3-11,13,15H,12,14H2,1-2H3,(H,23,25). The van der Waals surface area contributed by atoms with Crippen LogP contribution in [-0.4, -0.2) is 31.7 Å². The highest BCUT2D eigenvalue weighted by atomic mass is 32.2. The zero-order valence-electron chi connectivity index (χ0n) is 15.8. The number of amides is 1. The number of ether oxygens (including phenoxy) is 2. The van der Waals surface area contributed by atoms with Crippen molar-refractivity contribution in [2.24, 2.45) is 0 Å². The molecule has 0 aliphatic heterocycles. The van der Waals surface area contributed by atoms with Crippen molar-refractivity contribution in [1.29, 1.82) is 0 Å². The lowest BCUT2D eigenvalue weighted by Gasteiger charge is -2.11. The Balaban J connectivity index is 1.63. The van der Waals surface area contributed by atoms with Gasteiger partial charge in [-0.1, -0.05) is 36.0 Å². The molecule has 1 heterocycles. The van der Waals surface area contributed by atoms with E-state index in [2.05, 4.69) is 10.3 Å². The van der Waals surface area contributed by atoms with Gasteiger partial charge in [-0.25, -0.2) is 4.98 Å². The Morgan fingerprint density at radius 1 is 1.00 bits per heavy atom. The first kappa shape index (κ1) is 19.8. The number of carbonyl (C=O) groups is 1. The molecule has 0 bridgehead atoms. The average Bonchev–Trinajstić information content (AvgIpc) is 2.74. The molecule has 0 aliphatic rings. The molecule has 0 spiro atoms. The minimum absolute atomic E-state index is 0.132. The third kappa shape index (κ3) is 5.04. The molecule has 6 heteroatoms.